The number of alkyl halides is 6. The molecule has 1 amide bonds. The van der Waals surface area contributed by atoms with Crippen molar-refractivity contribution in [3.63, 3.8) is 0 Å². The van der Waals surface area contributed by atoms with Crippen LogP contribution in [0.2, 0.25) is 0 Å². The number of anilines is 1. The van der Waals surface area contributed by atoms with E-state index in [2.05, 4.69) is 5.32 Å². The van der Waals surface area contributed by atoms with E-state index < -0.39 is 45.3 Å². The SMILES string of the molecule is CS(=O)(=O)c1ccc2c(c1)CN(C=CC1COC1)C2C(=O)Nc1ccc(C(O)(C(F)(F)F)C(F)(F)F)cc1. The molecule has 1 saturated heterocycles. The monoisotopic (exact) mass is 564 g/mol. The Kier molecular flexibility index (Phi) is 7.04. The van der Waals surface area contributed by atoms with Crippen LogP contribution in [0.4, 0.5) is 32.0 Å². The molecule has 2 aromatic rings. The molecule has 206 valence electrons. The molecule has 0 aromatic heterocycles. The van der Waals surface area contributed by atoms with Crippen molar-refractivity contribution in [3.05, 3.63) is 71.4 Å². The summed E-state index contributed by atoms with van der Waals surface area (Å²) in [5.74, 6) is -0.525. The van der Waals surface area contributed by atoms with Crippen molar-refractivity contribution in [1.29, 1.82) is 0 Å². The predicted octanol–water partition coefficient (Wildman–Crippen LogP) is 4.06. The Morgan fingerprint density at radius 2 is 1.66 bits per heavy atom. The van der Waals surface area contributed by atoms with Gasteiger partial charge in [-0.1, -0.05) is 24.3 Å². The largest absolute Gasteiger partial charge is 0.430 e. The second kappa shape index (κ2) is 9.58. The van der Waals surface area contributed by atoms with Crippen molar-refractivity contribution in [3.8, 4) is 0 Å². The number of fused-ring (bicyclic) bond motifs is 1. The topological polar surface area (TPSA) is 95.9 Å². The lowest BCUT2D eigenvalue weighted by Crippen LogP contribution is -2.53. The van der Waals surface area contributed by atoms with Crippen molar-refractivity contribution in [2.75, 3.05) is 24.8 Å². The van der Waals surface area contributed by atoms with Gasteiger partial charge in [0.25, 0.3) is 11.5 Å². The molecule has 0 bridgehead atoms. The summed E-state index contributed by atoms with van der Waals surface area (Å²) >= 11 is 0. The molecule has 1 unspecified atom stereocenters. The van der Waals surface area contributed by atoms with Crippen LogP contribution in [0, 0.1) is 5.92 Å². The average molecular weight is 565 g/mol. The van der Waals surface area contributed by atoms with Gasteiger partial charge in [0.2, 0.25) is 0 Å². The minimum absolute atomic E-state index is 0.0611. The van der Waals surface area contributed by atoms with Crippen molar-refractivity contribution < 1.29 is 49.4 Å². The first-order valence-corrected chi connectivity index (χ1v) is 13.0. The zero-order valence-electron chi connectivity index (χ0n) is 19.7. The zero-order valence-corrected chi connectivity index (χ0v) is 20.5. The fourth-order valence-corrected chi connectivity index (χ4v) is 4.88. The van der Waals surface area contributed by atoms with Gasteiger partial charge in [0.15, 0.2) is 9.84 Å². The van der Waals surface area contributed by atoms with Crippen LogP contribution in [0.3, 0.4) is 0 Å². The van der Waals surface area contributed by atoms with Crippen LogP contribution in [0.1, 0.15) is 22.7 Å². The third-order valence-corrected chi connectivity index (χ3v) is 7.48. The molecule has 2 aromatic carbocycles. The molecule has 2 aliphatic heterocycles. The predicted molar refractivity (Wildman–Crippen MR) is 122 cm³/mol. The quantitative estimate of drug-likeness (QED) is 0.514. The molecule has 7 nitrogen and oxygen atoms in total. The number of nitrogens with zero attached hydrogens (tertiary/aromatic N) is 1. The van der Waals surface area contributed by atoms with Gasteiger partial charge in [-0.15, -0.1) is 0 Å². The minimum Gasteiger partial charge on any atom is -0.380 e. The average Bonchev–Trinajstić information content (AvgIpc) is 3.13. The van der Waals surface area contributed by atoms with E-state index >= 15 is 0 Å². The summed E-state index contributed by atoms with van der Waals surface area (Å²) < 4.78 is 108. The molecule has 2 aliphatic rings. The van der Waals surface area contributed by atoms with E-state index in [0.717, 1.165) is 18.4 Å². The van der Waals surface area contributed by atoms with E-state index in [1.807, 2.05) is 6.08 Å². The second-order valence-electron chi connectivity index (χ2n) is 9.12. The Hall–Kier alpha value is -3.10. The summed E-state index contributed by atoms with van der Waals surface area (Å²) in [5, 5.41) is 12.0. The standard InChI is InChI=1S/C24H22F6N2O5S/c1-38(35,36)18-6-7-19-15(10-18)11-32(9-8-14-12-37-13-14)20(19)21(33)31-17-4-2-16(3-5-17)22(34,23(25,26)27)24(28,29)30/h2-10,14,20,34H,11-13H2,1H3,(H,31,33). The second-order valence-corrected chi connectivity index (χ2v) is 11.1. The van der Waals surface area contributed by atoms with E-state index in [0.29, 0.717) is 36.5 Å². The number of rotatable bonds is 6. The Labute approximate surface area is 213 Å². The van der Waals surface area contributed by atoms with Gasteiger partial charge in [0.1, 0.15) is 6.04 Å². The number of nitrogens with one attached hydrogen (secondary N) is 1. The number of carbonyl (C=O) groups excluding carboxylic acids is 1. The summed E-state index contributed by atoms with van der Waals surface area (Å²) in [6.45, 7) is 1.19. The molecule has 0 aliphatic carbocycles. The number of carbonyl (C=O) groups is 1. The molecular weight excluding hydrogens is 542 g/mol. The smallest absolute Gasteiger partial charge is 0.380 e. The highest BCUT2D eigenvalue weighted by Gasteiger charge is 2.71. The van der Waals surface area contributed by atoms with Gasteiger partial charge >= 0.3 is 12.4 Å². The minimum atomic E-state index is -6.04. The number of benzene rings is 2. The Morgan fingerprint density at radius 1 is 1.05 bits per heavy atom. The summed E-state index contributed by atoms with van der Waals surface area (Å²) in [6.07, 6.45) is -7.52. The highest BCUT2D eigenvalue weighted by atomic mass is 32.2. The normalized spacial score (nSPS) is 18.9. The first-order valence-electron chi connectivity index (χ1n) is 11.1. The van der Waals surface area contributed by atoms with Gasteiger partial charge in [-0.3, -0.25) is 4.79 Å². The molecule has 1 atom stereocenters. The van der Waals surface area contributed by atoms with Crippen molar-refractivity contribution >= 4 is 21.4 Å². The number of hydrogen-bond donors (Lipinski definition) is 2. The van der Waals surface area contributed by atoms with E-state index in [1.54, 1.807) is 11.1 Å². The van der Waals surface area contributed by atoms with E-state index in [9.17, 15) is 44.7 Å². The summed E-state index contributed by atoms with van der Waals surface area (Å²) in [5.41, 5.74) is -5.59. The number of hydrogen-bond acceptors (Lipinski definition) is 6. The summed E-state index contributed by atoms with van der Waals surface area (Å²) in [6, 6.07) is 5.86. The van der Waals surface area contributed by atoms with Gasteiger partial charge in [-0.05, 0) is 41.6 Å². The van der Waals surface area contributed by atoms with Gasteiger partial charge < -0.3 is 20.1 Å². The first-order chi connectivity index (χ1) is 17.5. The first kappa shape index (κ1) is 27.9. The fourth-order valence-electron chi connectivity index (χ4n) is 4.20. The van der Waals surface area contributed by atoms with Crippen LogP contribution in [-0.4, -0.2) is 56.2 Å². The lowest BCUT2D eigenvalue weighted by molar-refractivity contribution is -0.376. The number of halogens is 6. The molecule has 0 saturated carbocycles. The van der Waals surface area contributed by atoms with E-state index in [4.69, 9.17) is 4.74 Å². The molecule has 0 radical (unpaired) electrons. The number of amides is 1. The lowest BCUT2D eigenvalue weighted by Gasteiger charge is -2.32. The van der Waals surface area contributed by atoms with E-state index in [1.165, 1.54) is 18.2 Å². The fraction of sp³-hybridized carbons (Fsp3) is 0.375. The molecule has 0 spiro atoms. The van der Waals surface area contributed by atoms with Crippen molar-refractivity contribution in [2.45, 2.75) is 35.4 Å². The third-order valence-electron chi connectivity index (χ3n) is 6.37. The third kappa shape index (κ3) is 5.12. The lowest BCUT2D eigenvalue weighted by atomic mass is 9.92. The Bertz CT molecular complexity index is 1340. The maximum absolute atomic E-state index is 13.3. The molecule has 4 rings (SSSR count). The van der Waals surface area contributed by atoms with Crippen LogP contribution in [0.5, 0.6) is 0 Å². The van der Waals surface area contributed by atoms with Gasteiger partial charge in [-0.2, -0.15) is 26.3 Å². The number of sulfone groups is 1. The molecule has 2 heterocycles. The van der Waals surface area contributed by atoms with Crippen LogP contribution in [0.25, 0.3) is 0 Å². The van der Waals surface area contributed by atoms with Crippen LogP contribution in [0.15, 0.2) is 59.6 Å². The van der Waals surface area contributed by atoms with Gasteiger partial charge in [-0.25, -0.2) is 8.42 Å². The van der Waals surface area contributed by atoms with Crippen LogP contribution >= 0.6 is 0 Å². The zero-order chi connectivity index (χ0) is 28.1. The molecule has 38 heavy (non-hydrogen) atoms. The van der Waals surface area contributed by atoms with Gasteiger partial charge in [0.05, 0.1) is 18.1 Å². The summed E-state index contributed by atoms with van der Waals surface area (Å²) in [4.78, 5) is 15.0. The molecule has 2 N–H and O–H groups in total. The number of ether oxygens (including phenoxy) is 1. The van der Waals surface area contributed by atoms with Crippen molar-refractivity contribution in [2.24, 2.45) is 5.92 Å². The molecule has 14 heteroatoms. The van der Waals surface area contributed by atoms with Crippen LogP contribution < -0.4 is 5.32 Å². The maximum Gasteiger partial charge on any atom is 0.430 e. The Balaban J connectivity index is 1.62. The van der Waals surface area contributed by atoms with E-state index in [-0.39, 0.29) is 23.0 Å². The highest BCUT2D eigenvalue weighted by Crippen LogP contribution is 2.50. The highest BCUT2D eigenvalue weighted by molar-refractivity contribution is 7.90. The van der Waals surface area contributed by atoms with Gasteiger partial charge in [0, 0.05) is 30.0 Å². The summed E-state index contributed by atoms with van der Waals surface area (Å²) in [7, 11) is -3.52. The molecule has 1 fully saturated rings. The van der Waals surface area contributed by atoms with Crippen LogP contribution in [-0.2, 0) is 31.5 Å². The Morgan fingerprint density at radius 3 is 2.16 bits per heavy atom. The van der Waals surface area contributed by atoms with Crippen molar-refractivity contribution in [1.82, 2.24) is 4.90 Å². The maximum atomic E-state index is 13.3. The number of aliphatic hydroxyl groups is 1. The molecular formula is C24H22F6N2O5S.